The van der Waals surface area contributed by atoms with Gasteiger partial charge in [0.05, 0.1) is 0 Å². The molecule has 0 aromatic heterocycles. The molecule has 1 aromatic rings. The van der Waals surface area contributed by atoms with Gasteiger partial charge < -0.3 is 21.3 Å². The van der Waals surface area contributed by atoms with Gasteiger partial charge in [0.2, 0.25) is 0 Å². The monoisotopic (exact) mass is 266 g/mol. The van der Waals surface area contributed by atoms with Crippen LogP contribution in [-0.2, 0) is 9.59 Å². The fraction of sp³-hybridized carbons (Fsp3) is 0.385. The molecule has 6 heteroatoms. The summed E-state index contributed by atoms with van der Waals surface area (Å²) in [5, 5.41) is 21.0. The number of hydrogen-bond acceptors (Lipinski definition) is 4. The quantitative estimate of drug-likeness (QED) is 0.588. The summed E-state index contributed by atoms with van der Waals surface area (Å²) in [6.45, 7) is 1.62. The zero-order valence-corrected chi connectivity index (χ0v) is 10.7. The lowest BCUT2D eigenvalue weighted by Gasteiger charge is -2.27. The fourth-order valence-corrected chi connectivity index (χ4v) is 1.68. The molecule has 6 nitrogen and oxygen atoms in total. The minimum atomic E-state index is -1.55. The molecule has 2 atom stereocenters. The SMILES string of the molecule is CC[C@@](N)(CC(Nc1ccccc1)C(=O)O)C(=O)O. The molecule has 1 rings (SSSR count). The van der Waals surface area contributed by atoms with Gasteiger partial charge in [-0.15, -0.1) is 0 Å². The van der Waals surface area contributed by atoms with Crippen LogP contribution in [0.1, 0.15) is 19.8 Å². The highest BCUT2D eigenvalue weighted by atomic mass is 16.4. The molecular weight excluding hydrogens is 248 g/mol. The molecule has 0 saturated heterocycles. The van der Waals surface area contributed by atoms with Crippen molar-refractivity contribution in [3.05, 3.63) is 30.3 Å². The number of benzene rings is 1. The number of carboxylic acids is 2. The number of carboxylic acid groups (broad SMARTS) is 2. The Morgan fingerprint density at radius 2 is 1.89 bits per heavy atom. The van der Waals surface area contributed by atoms with Gasteiger partial charge in [-0.25, -0.2) is 4.79 Å². The largest absolute Gasteiger partial charge is 0.480 e. The Morgan fingerprint density at radius 1 is 1.32 bits per heavy atom. The van der Waals surface area contributed by atoms with Gasteiger partial charge in [-0.2, -0.15) is 0 Å². The van der Waals surface area contributed by atoms with Crippen LogP contribution in [0.4, 0.5) is 5.69 Å². The number of hydrogen-bond donors (Lipinski definition) is 4. The van der Waals surface area contributed by atoms with Gasteiger partial charge in [-0.3, -0.25) is 4.79 Å². The highest BCUT2D eigenvalue weighted by molar-refractivity contribution is 5.82. The van der Waals surface area contributed by atoms with Gasteiger partial charge in [0.15, 0.2) is 0 Å². The Labute approximate surface area is 111 Å². The van der Waals surface area contributed by atoms with Crippen molar-refractivity contribution >= 4 is 17.6 Å². The number of rotatable bonds is 7. The molecule has 19 heavy (non-hydrogen) atoms. The highest BCUT2D eigenvalue weighted by Gasteiger charge is 2.37. The second kappa shape index (κ2) is 6.19. The van der Waals surface area contributed by atoms with Crippen LogP contribution in [0.15, 0.2) is 30.3 Å². The van der Waals surface area contributed by atoms with Crippen LogP contribution in [0, 0.1) is 0 Å². The Hall–Kier alpha value is -2.08. The minimum Gasteiger partial charge on any atom is -0.480 e. The Bertz CT molecular complexity index is 449. The maximum absolute atomic E-state index is 11.2. The maximum atomic E-state index is 11.2. The average molecular weight is 266 g/mol. The molecule has 0 aliphatic carbocycles. The highest BCUT2D eigenvalue weighted by Crippen LogP contribution is 2.18. The summed E-state index contributed by atoms with van der Waals surface area (Å²) in [4.78, 5) is 22.3. The number of nitrogens with two attached hydrogens (primary N) is 1. The first kappa shape index (κ1) is 15.0. The molecule has 0 radical (unpaired) electrons. The lowest BCUT2D eigenvalue weighted by molar-refractivity contribution is -0.145. The molecule has 0 heterocycles. The normalized spacial score (nSPS) is 15.3. The van der Waals surface area contributed by atoms with Gasteiger partial charge in [-0.1, -0.05) is 25.1 Å². The molecule has 0 aliphatic rings. The molecule has 0 amide bonds. The number of aliphatic carboxylic acids is 2. The van der Waals surface area contributed by atoms with E-state index in [0.717, 1.165) is 0 Å². The topological polar surface area (TPSA) is 113 Å². The molecule has 0 fully saturated rings. The number of carbonyl (C=O) groups is 2. The summed E-state index contributed by atoms with van der Waals surface area (Å²) in [7, 11) is 0. The molecule has 5 N–H and O–H groups in total. The standard InChI is InChI=1S/C13H18N2O4/c1-2-13(14,12(18)19)8-10(11(16)17)15-9-6-4-3-5-7-9/h3-7,10,15H,2,8,14H2,1H3,(H,16,17)(H,18,19)/t10?,13-/m1/s1. The van der Waals surface area contributed by atoms with E-state index in [-0.39, 0.29) is 12.8 Å². The van der Waals surface area contributed by atoms with Crippen molar-refractivity contribution in [2.24, 2.45) is 5.73 Å². The van der Waals surface area contributed by atoms with E-state index >= 15 is 0 Å². The molecule has 0 aliphatic heterocycles. The summed E-state index contributed by atoms with van der Waals surface area (Å²) >= 11 is 0. The van der Waals surface area contributed by atoms with Crippen molar-refractivity contribution in [3.8, 4) is 0 Å². The van der Waals surface area contributed by atoms with Crippen LogP contribution in [-0.4, -0.2) is 33.7 Å². The van der Waals surface area contributed by atoms with Gasteiger partial charge in [0.1, 0.15) is 11.6 Å². The number of para-hydroxylation sites is 1. The van der Waals surface area contributed by atoms with E-state index in [1.54, 1.807) is 37.3 Å². The lowest BCUT2D eigenvalue weighted by Crippen LogP contribution is -2.52. The van der Waals surface area contributed by atoms with Crippen LogP contribution in [0.25, 0.3) is 0 Å². The van der Waals surface area contributed by atoms with Crippen molar-refractivity contribution in [1.29, 1.82) is 0 Å². The van der Waals surface area contributed by atoms with Crippen LogP contribution < -0.4 is 11.1 Å². The second-order valence-corrected chi connectivity index (χ2v) is 4.42. The number of nitrogens with one attached hydrogen (secondary N) is 1. The van der Waals surface area contributed by atoms with Crippen molar-refractivity contribution in [2.45, 2.75) is 31.3 Å². The summed E-state index contributed by atoms with van der Waals surface area (Å²) < 4.78 is 0. The first-order chi connectivity index (χ1) is 8.89. The van der Waals surface area contributed by atoms with E-state index in [4.69, 9.17) is 15.9 Å². The average Bonchev–Trinajstić information content (AvgIpc) is 2.38. The molecule has 104 valence electrons. The molecular formula is C13H18N2O4. The van der Waals surface area contributed by atoms with Crippen molar-refractivity contribution < 1.29 is 19.8 Å². The maximum Gasteiger partial charge on any atom is 0.326 e. The van der Waals surface area contributed by atoms with Crippen LogP contribution in [0.5, 0.6) is 0 Å². The first-order valence-corrected chi connectivity index (χ1v) is 5.95. The smallest absolute Gasteiger partial charge is 0.326 e. The molecule has 0 spiro atoms. The van der Waals surface area contributed by atoms with Gasteiger partial charge in [0.25, 0.3) is 0 Å². The molecule has 1 unspecified atom stereocenters. The predicted molar refractivity (Wildman–Crippen MR) is 71.0 cm³/mol. The molecule has 0 saturated carbocycles. The van der Waals surface area contributed by atoms with E-state index < -0.39 is 23.5 Å². The van der Waals surface area contributed by atoms with E-state index in [0.29, 0.717) is 5.69 Å². The summed E-state index contributed by atoms with van der Waals surface area (Å²) in [6, 6.07) is 7.68. The predicted octanol–water partition coefficient (Wildman–Crippen LogP) is 1.13. The van der Waals surface area contributed by atoms with Crippen molar-refractivity contribution in [2.75, 3.05) is 5.32 Å². The van der Waals surface area contributed by atoms with Crippen molar-refractivity contribution in [3.63, 3.8) is 0 Å². The van der Waals surface area contributed by atoms with Crippen LogP contribution in [0.3, 0.4) is 0 Å². The summed E-state index contributed by atoms with van der Waals surface area (Å²) in [5.74, 6) is -2.33. The zero-order chi connectivity index (χ0) is 14.5. The summed E-state index contributed by atoms with van der Waals surface area (Å²) in [6.07, 6.45) is -0.0361. The molecule has 1 aromatic carbocycles. The van der Waals surface area contributed by atoms with E-state index in [9.17, 15) is 9.59 Å². The van der Waals surface area contributed by atoms with Gasteiger partial charge >= 0.3 is 11.9 Å². The Kier molecular flexibility index (Phi) is 4.88. The fourth-order valence-electron chi connectivity index (χ4n) is 1.68. The minimum absolute atomic E-state index is 0.155. The summed E-state index contributed by atoms with van der Waals surface area (Å²) in [5.41, 5.74) is 4.79. The van der Waals surface area contributed by atoms with Crippen LogP contribution in [0.2, 0.25) is 0 Å². The molecule has 0 bridgehead atoms. The third kappa shape index (κ3) is 3.96. The van der Waals surface area contributed by atoms with Gasteiger partial charge in [-0.05, 0) is 18.6 Å². The Balaban J connectivity index is 2.85. The second-order valence-electron chi connectivity index (χ2n) is 4.42. The number of anilines is 1. The third-order valence-corrected chi connectivity index (χ3v) is 3.04. The zero-order valence-electron chi connectivity index (χ0n) is 10.7. The van der Waals surface area contributed by atoms with E-state index in [1.165, 1.54) is 0 Å². The van der Waals surface area contributed by atoms with Crippen molar-refractivity contribution in [1.82, 2.24) is 0 Å². The first-order valence-electron chi connectivity index (χ1n) is 5.95. The third-order valence-electron chi connectivity index (χ3n) is 3.04. The lowest BCUT2D eigenvalue weighted by atomic mass is 9.89. The Morgan fingerprint density at radius 3 is 2.32 bits per heavy atom. The van der Waals surface area contributed by atoms with Gasteiger partial charge in [0, 0.05) is 12.1 Å². The van der Waals surface area contributed by atoms with Crippen LogP contribution >= 0.6 is 0 Å². The van der Waals surface area contributed by atoms with E-state index in [2.05, 4.69) is 5.32 Å². The van der Waals surface area contributed by atoms with E-state index in [1.807, 2.05) is 0 Å².